The summed E-state index contributed by atoms with van der Waals surface area (Å²) in [5, 5.41) is 11.9. The van der Waals surface area contributed by atoms with Gasteiger partial charge < -0.3 is 5.32 Å². The SMILES string of the molecule is N#Cc1cc(F)cc(CNCc2cccnc2)c1. The summed E-state index contributed by atoms with van der Waals surface area (Å²) in [6.45, 7) is 1.17. The first-order valence-electron chi connectivity index (χ1n) is 5.57. The molecule has 0 atom stereocenters. The van der Waals surface area contributed by atoms with E-state index in [9.17, 15) is 4.39 Å². The van der Waals surface area contributed by atoms with Crippen molar-refractivity contribution < 1.29 is 4.39 Å². The molecule has 18 heavy (non-hydrogen) atoms. The molecular formula is C14H12FN3. The van der Waals surface area contributed by atoms with Crippen molar-refractivity contribution in [2.45, 2.75) is 13.1 Å². The van der Waals surface area contributed by atoms with Gasteiger partial charge >= 0.3 is 0 Å². The molecule has 4 heteroatoms. The number of rotatable bonds is 4. The summed E-state index contributed by atoms with van der Waals surface area (Å²) in [6.07, 6.45) is 3.49. The Morgan fingerprint density at radius 3 is 2.78 bits per heavy atom. The van der Waals surface area contributed by atoms with Crippen LogP contribution < -0.4 is 5.32 Å². The molecule has 90 valence electrons. The van der Waals surface area contributed by atoms with Crippen LogP contribution in [0.1, 0.15) is 16.7 Å². The first kappa shape index (κ1) is 12.2. The van der Waals surface area contributed by atoms with E-state index < -0.39 is 0 Å². The Hall–Kier alpha value is -2.25. The lowest BCUT2D eigenvalue weighted by Gasteiger charge is -2.05. The number of pyridine rings is 1. The lowest BCUT2D eigenvalue weighted by Crippen LogP contribution is -2.13. The highest BCUT2D eigenvalue weighted by molar-refractivity contribution is 5.33. The van der Waals surface area contributed by atoms with Gasteiger partial charge in [0.15, 0.2) is 0 Å². The van der Waals surface area contributed by atoms with E-state index in [0.717, 1.165) is 11.1 Å². The summed E-state index contributed by atoms with van der Waals surface area (Å²) in [7, 11) is 0. The molecule has 0 aliphatic carbocycles. The summed E-state index contributed by atoms with van der Waals surface area (Å²) in [5.74, 6) is -0.382. The average Bonchev–Trinajstić information content (AvgIpc) is 2.39. The molecule has 2 rings (SSSR count). The van der Waals surface area contributed by atoms with Crippen LogP contribution in [0.3, 0.4) is 0 Å². The number of hydrogen-bond donors (Lipinski definition) is 1. The quantitative estimate of drug-likeness (QED) is 0.894. The largest absolute Gasteiger partial charge is 0.309 e. The van der Waals surface area contributed by atoms with Crippen molar-refractivity contribution in [3.05, 3.63) is 65.2 Å². The molecule has 0 radical (unpaired) electrons. The van der Waals surface area contributed by atoms with Crippen LogP contribution in [-0.4, -0.2) is 4.98 Å². The molecule has 1 aromatic heterocycles. The maximum absolute atomic E-state index is 13.2. The van der Waals surface area contributed by atoms with Gasteiger partial charge in [0, 0.05) is 25.5 Å². The van der Waals surface area contributed by atoms with Crippen LogP contribution >= 0.6 is 0 Å². The molecular weight excluding hydrogens is 229 g/mol. The van der Waals surface area contributed by atoms with Gasteiger partial charge in [-0.2, -0.15) is 5.26 Å². The van der Waals surface area contributed by atoms with Gasteiger partial charge in [-0.25, -0.2) is 4.39 Å². The highest BCUT2D eigenvalue weighted by Gasteiger charge is 2.00. The minimum absolute atomic E-state index is 0.341. The summed E-state index contributed by atoms with van der Waals surface area (Å²) in [6, 6.07) is 10.1. The summed E-state index contributed by atoms with van der Waals surface area (Å²) >= 11 is 0. The second-order valence-corrected chi connectivity index (χ2v) is 3.92. The zero-order chi connectivity index (χ0) is 12.8. The third-order valence-electron chi connectivity index (χ3n) is 2.47. The van der Waals surface area contributed by atoms with E-state index in [1.165, 1.54) is 12.1 Å². The predicted octanol–water partition coefficient (Wildman–Crippen LogP) is 2.38. The van der Waals surface area contributed by atoms with Crippen LogP contribution in [0, 0.1) is 17.1 Å². The summed E-state index contributed by atoms with van der Waals surface area (Å²) < 4.78 is 13.2. The number of nitrogens with zero attached hydrogens (tertiary/aromatic N) is 2. The molecule has 0 spiro atoms. The lowest BCUT2D eigenvalue weighted by molar-refractivity contribution is 0.619. The van der Waals surface area contributed by atoms with E-state index in [4.69, 9.17) is 5.26 Å². The highest BCUT2D eigenvalue weighted by Crippen LogP contribution is 2.08. The minimum atomic E-state index is -0.382. The highest BCUT2D eigenvalue weighted by atomic mass is 19.1. The average molecular weight is 241 g/mol. The van der Waals surface area contributed by atoms with Gasteiger partial charge in [-0.1, -0.05) is 6.07 Å². The van der Waals surface area contributed by atoms with E-state index in [1.54, 1.807) is 18.5 Å². The van der Waals surface area contributed by atoms with Crippen molar-refractivity contribution in [3.63, 3.8) is 0 Å². The number of nitrogens with one attached hydrogen (secondary N) is 1. The number of benzene rings is 1. The van der Waals surface area contributed by atoms with Crippen molar-refractivity contribution in [3.8, 4) is 6.07 Å². The molecule has 0 bridgehead atoms. The maximum atomic E-state index is 13.2. The molecule has 1 heterocycles. The van der Waals surface area contributed by atoms with Crippen LogP contribution in [-0.2, 0) is 13.1 Å². The Labute approximate surface area is 105 Å². The maximum Gasteiger partial charge on any atom is 0.124 e. The van der Waals surface area contributed by atoms with Crippen molar-refractivity contribution in [1.82, 2.24) is 10.3 Å². The topological polar surface area (TPSA) is 48.7 Å². The van der Waals surface area contributed by atoms with Crippen LogP contribution in [0.4, 0.5) is 4.39 Å². The normalized spacial score (nSPS) is 10.0. The summed E-state index contributed by atoms with van der Waals surface area (Å²) in [4.78, 5) is 4.01. The van der Waals surface area contributed by atoms with Crippen molar-refractivity contribution in [2.24, 2.45) is 0 Å². The van der Waals surface area contributed by atoms with Crippen LogP contribution in [0.5, 0.6) is 0 Å². The van der Waals surface area contributed by atoms with E-state index in [2.05, 4.69) is 10.3 Å². The molecule has 2 aromatic rings. The van der Waals surface area contributed by atoms with E-state index in [0.29, 0.717) is 18.7 Å². The molecule has 1 N–H and O–H groups in total. The lowest BCUT2D eigenvalue weighted by atomic mass is 10.1. The molecule has 0 saturated carbocycles. The minimum Gasteiger partial charge on any atom is -0.309 e. The van der Waals surface area contributed by atoms with E-state index >= 15 is 0 Å². The van der Waals surface area contributed by atoms with Crippen LogP contribution in [0.15, 0.2) is 42.7 Å². The fourth-order valence-electron chi connectivity index (χ4n) is 1.67. The molecule has 0 fully saturated rings. The molecule has 0 aliphatic rings. The van der Waals surface area contributed by atoms with Gasteiger partial charge in [-0.05, 0) is 35.4 Å². The zero-order valence-electron chi connectivity index (χ0n) is 9.73. The molecule has 0 amide bonds. The van der Waals surface area contributed by atoms with E-state index in [1.807, 2.05) is 18.2 Å². The van der Waals surface area contributed by atoms with Crippen molar-refractivity contribution >= 4 is 0 Å². The van der Waals surface area contributed by atoms with Crippen LogP contribution in [0.2, 0.25) is 0 Å². The molecule has 1 aromatic carbocycles. The predicted molar refractivity (Wildman–Crippen MR) is 65.9 cm³/mol. The van der Waals surface area contributed by atoms with Gasteiger partial charge in [-0.15, -0.1) is 0 Å². The van der Waals surface area contributed by atoms with Gasteiger partial charge in [-0.3, -0.25) is 4.98 Å². The van der Waals surface area contributed by atoms with Crippen molar-refractivity contribution in [2.75, 3.05) is 0 Å². The Kier molecular flexibility index (Phi) is 4.00. The Bertz CT molecular complexity index is 561. The van der Waals surface area contributed by atoms with E-state index in [-0.39, 0.29) is 5.82 Å². The zero-order valence-corrected chi connectivity index (χ0v) is 9.73. The second kappa shape index (κ2) is 5.89. The molecule has 0 unspecified atom stereocenters. The van der Waals surface area contributed by atoms with Gasteiger partial charge in [0.1, 0.15) is 5.82 Å². The van der Waals surface area contributed by atoms with Gasteiger partial charge in [0.05, 0.1) is 11.6 Å². The first-order chi connectivity index (χ1) is 8.78. The third-order valence-corrected chi connectivity index (χ3v) is 2.47. The molecule has 0 saturated heterocycles. The summed E-state index contributed by atoms with van der Waals surface area (Å²) in [5.41, 5.74) is 2.16. The second-order valence-electron chi connectivity index (χ2n) is 3.92. The smallest absolute Gasteiger partial charge is 0.124 e. The van der Waals surface area contributed by atoms with Gasteiger partial charge in [0.2, 0.25) is 0 Å². The third kappa shape index (κ3) is 3.37. The van der Waals surface area contributed by atoms with Crippen molar-refractivity contribution in [1.29, 1.82) is 5.26 Å². The molecule has 0 aliphatic heterocycles. The number of halogens is 1. The number of hydrogen-bond acceptors (Lipinski definition) is 3. The fourth-order valence-corrected chi connectivity index (χ4v) is 1.67. The number of nitriles is 1. The number of aromatic nitrogens is 1. The van der Waals surface area contributed by atoms with Gasteiger partial charge in [0.25, 0.3) is 0 Å². The fraction of sp³-hybridized carbons (Fsp3) is 0.143. The standard InChI is InChI=1S/C14H12FN3/c15-14-5-12(7-16)4-13(6-14)10-18-9-11-2-1-3-17-8-11/h1-6,8,18H,9-10H2. The molecule has 3 nitrogen and oxygen atoms in total. The Morgan fingerprint density at radius 2 is 2.06 bits per heavy atom. The monoisotopic (exact) mass is 241 g/mol. The van der Waals surface area contributed by atoms with Crippen LogP contribution in [0.25, 0.3) is 0 Å². The first-order valence-corrected chi connectivity index (χ1v) is 5.57. The Balaban J connectivity index is 1.95. The Morgan fingerprint density at radius 1 is 1.22 bits per heavy atom.